The Morgan fingerprint density at radius 1 is 1.09 bits per heavy atom. The lowest BCUT2D eigenvalue weighted by Gasteiger charge is -2.09. The average Bonchev–Trinajstić information content (AvgIpc) is 2.91. The number of hydrogen-bond donors (Lipinski definition) is 0. The minimum Gasteiger partial charge on any atom is -0.466 e. The topological polar surface area (TPSA) is 31.2 Å². The van der Waals surface area contributed by atoms with E-state index in [0.717, 1.165) is 11.1 Å². The Morgan fingerprint density at radius 3 is 2.52 bits per heavy atom. The molecular formula is C20H19NO2. The first-order valence-electron chi connectivity index (χ1n) is 7.57. The lowest BCUT2D eigenvalue weighted by molar-refractivity contribution is -0.136. The number of rotatable bonds is 4. The molecule has 1 aromatic heterocycles. The summed E-state index contributed by atoms with van der Waals surface area (Å²) in [5.74, 6) is -0.302. The van der Waals surface area contributed by atoms with Crippen LogP contribution in [0.3, 0.4) is 0 Å². The molecule has 0 bridgehead atoms. The van der Waals surface area contributed by atoms with Crippen LogP contribution in [0, 0.1) is 6.92 Å². The first kappa shape index (κ1) is 15.1. The Kier molecular flexibility index (Phi) is 4.29. The van der Waals surface area contributed by atoms with Crippen LogP contribution in [0.1, 0.15) is 11.1 Å². The van der Waals surface area contributed by atoms with E-state index in [1.165, 1.54) is 18.1 Å². The number of carbonyl (C=O) groups excluding carboxylic acids is 1. The van der Waals surface area contributed by atoms with Crippen LogP contribution in [0.2, 0.25) is 0 Å². The molecule has 3 nitrogen and oxygen atoms in total. The Bertz CT molecular complexity index is 860. The van der Waals surface area contributed by atoms with E-state index in [1.54, 1.807) is 0 Å². The van der Waals surface area contributed by atoms with Crippen LogP contribution in [0.4, 0.5) is 0 Å². The SMILES string of the molecule is COC(=O)/C(=C/c1ccccc1)Cn1cc(C)c2ccccc21. The standard InChI is InChI=1S/C20H19NO2/c1-15-13-21(19-11-7-6-10-18(15)19)14-17(20(22)23-2)12-16-8-4-3-5-9-16/h3-13H,14H2,1-2H3/b17-12+. The molecule has 0 aliphatic carbocycles. The molecule has 23 heavy (non-hydrogen) atoms. The van der Waals surface area contributed by atoms with E-state index < -0.39 is 0 Å². The van der Waals surface area contributed by atoms with Crippen molar-refractivity contribution in [1.82, 2.24) is 4.57 Å². The zero-order chi connectivity index (χ0) is 16.2. The van der Waals surface area contributed by atoms with Crippen molar-refractivity contribution in [1.29, 1.82) is 0 Å². The largest absolute Gasteiger partial charge is 0.466 e. The smallest absolute Gasteiger partial charge is 0.335 e. The van der Waals surface area contributed by atoms with Crippen LogP contribution in [-0.4, -0.2) is 17.6 Å². The van der Waals surface area contributed by atoms with Crippen molar-refractivity contribution in [2.45, 2.75) is 13.5 Å². The summed E-state index contributed by atoms with van der Waals surface area (Å²) in [6, 6.07) is 18.0. The molecule has 116 valence electrons. The number of aromatic nitrogens is 1. The maximum atomic E-state index is 12.2. The van der Waals surface area contributed by atoms with E-state index in [1.807, 2.05) is 48.5 Å². The van der Waals surface area contributed by atoms with E-state index in [4.69, 9.17) is 4.74 Å². The van der Waals surface area contributed by atoms with Crippen molar-refractivity contribution in [3.63, 3.8) is 0 Å². The van der Waals surface area contributed by atoms with E-state index in [2.05, 4.69) is 29.8 Å². The first-order valence-corrected chi connectivity index (χ1v) is 7.57. The normalized spacial score (nSPS) is 11.7. The summed E-state index contributed by atoms with van der Waals surface area (Å²) in [4.78, 5) is 12.2. The van der Waals surface area contributed by atoms with Crippen LogP contribution in [0.15, 0.2) is 66.4 Å². The Hall–Kier alpha value is -2.81. The number of ether oxygens (including phenoxy) is 1. The predicted octanol–water partition coefficient (Wildman–Crippen LogP) is 4.21. The van der Waals surface area contributed by atoms with Crippen LogP contribution in [-0.2, 0) is 16.1 Å². The average molecular weight is 305 g/mol. The van der Waals surface area contributed by atoms with Gasteiger partial charge in [-0.05, 0) is 30.2 Å². The Morgan fingerprint density at radius 2 is 1.78 bits per heavy atom. The summed E-state index contributed by atoms with van der Waals surface area (Å²) >= 11 is 0. The van der Waals surface area contributed by atoms with Gasteiger partial charge in [0.25, 0.3) is 0 Å². The second-order valence-corrected chi connectivity index (χ2v) is 5.53. The molecule has 3 rings (SSSR count). The summed E-state index contributed by atoms with van der Waals surface area (Å²) < 4.78 is 7.05. The van der Waals surface area contributed by atoms with E-state index in [9.17, 15) is 4.79 Å². The summed E-state index contributed by atoms with van der Waals surface area (Å²) in [5, 5.41) is 1.21. The van der Waals surface area contributed by atoms with Gasteiger partial charge in [-0.15, -0.1) is 0 Å². The number of para-hydroxylation sites is 1. The molecule has 0 unspecified atom stereocenters. The molecule has 0 radical (unpaired) electrons. The number of nitrogens with zero attached hydrogens (tertiary/aromatic N) is 1. The zero-order valence-electron chi connectivity index (χ0n) is 13.3. The minimum atomic E-state index is -0.302. The number of methoxy groups -OCH3 is 1. The molecular weight excluding hydrogens is 286 g/mol. The van der Waals surface area contributed by atoms with E-state index in [-0.39, 0.29) is 5.97 Å². The molecule has 0 saturated heterocycles. The molecule has 2 aromatic carbocycles. The van der Waals surface area contributed by atoms with Gasteiger partial charge in [-0.1, -0.05) is 48.5 Å². The summed E-state index contributed by atoms with van der Waals surface area (Å²) in [7, 11) is 1.42. The van der Waals surface area contributed by atoms with Gasteiger partial charge >= 0.3 is 5.97 Å². The predicted molar refractivity (Wildman–Crippen MR) is 93.1 cm³/mol. The van der Waals surface area contributed by atoms with Gasteiger partial charge < -0.3 is 9.30 Å². The molecule has 0 N–H and O–H groups in total. The lowest BCUT2D eigenvalue weighted by atomic mass is 10.1. The molecule has 0 saturated carbocycles. The van der Waals surface area contributed by atoms with Crippen LogP contribution in [0.5, 0.6) is 0 Å². The summed E-state index contributed by atoms with van der Waals surface area (Å²) in [6.45, 7) is 2.56. The maximum Gasteiger partial charge on any atom is 0.335 e. The first-order chi connectivity index (χ1) is 11.2. The number of esters is 1. The van der Waals surface area contributed by atoms with Gasteiger partial charge in [0, 0.05) is 17.1 Å². The molecule has 3 aromatic rings. The highest BCUT2D eigenvalue weighted by atomic mass is 16.5. The number of fused-ring (bicyclic) bond motifs is 1. The van der Waals surface area contributed by atoms with Gasteiger partial charge in [0.2, 0.25) is 0 Å². The van der Waals surface area contributed by atoms with Gasteiger partial charge in [-0.25, -0.2) is 4.79 Å². The number of hydrogen-bond acceptors (Lipinski definition) is 2. The van der Waals surface area contributed by atoms with Crippen LogP contribution >= 0.6 is 0 Å². The Labute approximate surface area is 135 Å². The number of aryl methyl sites for hydroxylation is 1. The number of carbonyl (C=O) groups is 1. The Balaban J connectivity index is 2.01. The van der Waals surface area contributed by atoms with Crippen molar-refractivity contribution in [3.8, 4) is 0 Å². The summed E-state index contributed by atoms with van der Waals surface area (Å²) in [6.07, 6.45) is 3.96. The van der Waals surface area contributed by atoms with Crippen molar-refractivity contribution >= 4 is 22.9 Å². The minimum absolute atomic E-state index is 0.302. The maximum absolute atomic E-state index is 12.2. The fourth-order valence-corrected chi connectivity index (χ4v) is 2.80. The van der Waals surface area contributed by atoms with Gasteiger partial charge in [-0.2, -0.15) is 0 Å². The molecule has 0 atom stereocenters. The highest BCUT2D eigenvalue weighted by Gasteiger charge is 2.13. The zero-order valence-corrected chi connectivity index (χ0v) is 13.3. The van der Waals surface area contributed by atoms with Gasteiger partial charge in [-0.3, -0.25) is 0 Å². The second kappa shape index (κ2) is 6.53. The monoisotopic (exact) mass is 305 g/mol. The third-order valence-corrected chi connectivity index (χ3v) is 3.92. The van der Waals surface area contributed by atoms with Crippen LogP contribution in [0.25, 0.3) is 17.0 Å². The molecule has 3 heteroatoms. The van der Waals surface area contributed by atoms with Crippen molar-refractivity contribution < 1.29 is 9.53 Å². The summed E-state index contributed by atoms with van der Waals surface area (Å²) in [5.41, 5.74) is 3.93. The van der Waals surface area contributed by atoms with Gasteiger partial charge in [0.15, 0.2) is 0 Å². The van der Waals surface area contributed by atoms with Gasteiger partial charge in [0.05, 0.1) is 19.2 Å². The second-order valence-electron chi connectivity index (χ2n) is 5.53. The highest BCUT2D eigenvalue weighted by molar-refractivity contribution is 5.94. The lowest BCUT2D eigenvalue weighted by Crippen LogP contribution is -2.11. The van der Waals surface area contributed by atoms with Crippen molar-refractivity contribution in [2.75, 3.05) is 7.11 Å². The highest BCUT2D eigenvalue weighted by Crippen LogP contribution is 2.22. The molecule has 0 amide bonds. The molecule has 0 fully saturated rings. The van der Waals surface area contributed by atoms with Crippen molar-refractivity contribution in [2.24, 2.45) is 0 Å². The van der Waals surface area contributed by atoms with E-state index in [0.29, 0.717) is 12.1 Å². The van der Waals surface area contributed by atoms with Crippen molar-refractivity contribution in [3.05, 3.63) is 77.5 Å². The quantitative estimate of drug-likeness (QED) is 0.534. The molecule has 0 aliphatic heterocycles. The molecule has 0 spiro atoms. The van der Waals surface area contributed by atoms with Crippen LogP contribution < -0.4 is 0 Å². The third-order valence-electron chi connectivity index (χ3n) is 3.92. The third kappa shape index (κ3) is 3.19. The molecule has 1 heterocycles. The van der Waals surface area contributed by atoms with E-state index >= 15 is 0 Å². The number of benzene rings is 2. The fourth-order valence-electron chi connectivity index (χ4n) is 2.80. The van der Waals surface area contributed by atoms with Gasteiger partial charge in [0.1, 0.15) is 0 Å². The molecule has 0 aliphatic rings. The fraction of sp³-hybridized carbons (Fsp3) is 0.150.